The van der Waals surface area contributed by atoms with Crippen LogP contribution in [0.2, 0.25) is 0 Å². The van der Waals surface area contributed by atoms with Crippen molar-refractivity contribution in [3.63, 3.8) is 0 Å². The average molecular weight is 254 g/mol. The lowest BCUT2D eigenvalue weighted by atomic mass is 10.1. The van der Waals surface area contributed by atoms with Gasteiger partial charge in [-0.2, -0.15) is 13.2 Å². The van der Waals surface area contributed by atoms with E-state index in [2.05, 4.69) is 5.32 Å². The minimum absolute atomic E-state index is 0.0431. The molecule has 0 saturated heterocycles. The first-order valence-electron chi connectivity index (χ1n) is 5.72. The highest BCUT2D eigenvalue weighted by Gasteiger charge is 2.28. The molecule has 0 aliphatic heterocycles. The van der Waals surface area contributed by atoms with Crippen LogP contribution in [0.15, 0.2) is 0 Å². The highest BCUT2D eigenvalue weighted by atomic mass is 19.4. The van der Waals surface area contributed by atoms with Crippen LogP contribution in [0, 0.1) is 5.92 Å². The zero-order chi connectivity index (χ0) is 13.5. The Labute approximate surface area is 100 Å². The fourth-order valence-corrected chi connectivity index (χ4v) is 1.40. The molecule has 0 aromatic heterocycles. The Kier molecular flexibility index (Phi) is 7.18. The smallest absolute Gasteiger partial charge is 0.356 e. The Morgan fingerprint density at radius 2 is 1.94 bits per heavy atom. The molecule has 0 atom stereocenters. The predicted molar refractivity (Wildman–Crippen MR) is 60.6 cm³/mol. The van der Waals surface area contributed by atoms with Crippen molar-refractivity contribution in [1.29, 1.82) is 0 Å². The van der Waals surface area contributed by atoms with Gasteiger partial charge < -0.3 is 5.32 Å². The van der Waals surface area contributed by atoms with Gasteiger partial charge >= 0.3 is 6.18 Å². The molecule has 0 radical (unpaired) electrons. The lowest BCUT2D eigenvalue weighted by molar-refractivity contribution is -0.143. The van der Waals surface area contributed by atoms with Crippen LogP contribution in [0.1, 0.15) is 26.7 Å². The zero-order valence-electron chi connectivity index (χ0n) is 10.6. The van der Waals surface area contributed by atoms with E-state index in [4.69, 9.17) is 0 Å². The minimum atomic E-state index is -4.16. The predicted octanol–water partition coefficient (Wildman–Crippen LogP) is 2.03. The van der Waals surface area contributed by atoms with Crippen molar-refractivity contribution in [2.45, 2.75) is 32.9 Å². The summed E-state index contributed by atoms with van der Waals surface area (Å²) < 4.78 is 35.9. The first kappa shape index (κ1) is 16.2. The molecule has 3 nitrogen and oxygen atoms in total. The maximum atomic E-state index is 12.0. The number of carbonyl (C=O) groups excluding carboxylic acids is 1. The molecule has 1 amide bonds. The lowest BCUT2D eigenvalue weighted by Gasteiger charge is -2.18. The van der Waals surface area contributed by atoms with Crippen molar-refractivity contribution < 1.29 is 18.0 Å². The monoisotopic (exact) mass is 254 g/mol. The van der Waals surface area contributed by atoms with E-state index in [1.165, 1.54) is 11.9 Å². The molecule has 0 bridgehead atoms. The molecule has 1 N–H and O–H groups in total. The number of alkyl halides is 3. The van der Waals surface area contributed by atoms with Crippen LogP contribution in [-0.2, 0) is 4.79 Å². The number of hydrogen-bond acceptors (Lipinski definition) is 2. The molecule has 0 aliphatic rings. The molecule has 0 unspecified atom stereocenters. The molecule has 102 valence electrons. The Bertz CT molecular complexity index is 229. The minimum Gasteiger partial charge on any atom is -0.356 e. The second kappa shape index (κ2) is 7.53. The Balaban J connectivity index is 3.54. The van der Waals surface area contributed by atoms with Gasteiger partial charge in [-0.1, -0.05) is 13.8 Å². The summed E-state index contributed by atoms with van der Waals surface area (Å²) in [4.78, 5) is 12.4. The molecule has 17 heavy (non-hydrogen) atoms. The van der Waals surface area contributed by atoms with Crippen LogP contribution >= 0.6 is 0 Å². The topological polar surface area (TPSA) is 32.3 Å². The summed E-state index contributed by atoms with van der Waals surface area (Å²) in [5.74, 6) is 0.251. The highest BCUT2D eigenvalue weighted by molar-refractivity contribution is 5.75. The largest absolute Gasteiger partial charge is 0.401 e. The van der Waals surface area contributed by atoms with Crippen molar-refractivity contribution >= 4 is 5.91 Å². The molecule has 0 aromatic rings. The molecule has 0 aromatic carbocycles. The molecular formula is C11H21F3N2O. The first-order valence-corrected chi connectivity index (χ1v) is 5.72. The number of nitrogens with zero attached hydrogens (tertiary/aromatic N) is 1. The summed E-state index contributed by atoms with van der Waals surface area (Å²) >= 11 is 0. The van der Waals surface area contributed by atoms with Crippen molar-refractivity contribution in [3.8, 4) is 0 Å². The van der Waals surface area contributed by atoms with E-state index < -0.39 is 12.7 Å². The molecular weight excluding hydrogens is 233 g/mol. The number of hydrogen-bond donors (Lipinski definition) is 1. The van der Waals surface area contributed by atoms with Gasteiger partial charge in [0.15, 0.2) is 0 Å². The first-order chi connectivity index (χ1) is 7.70. The zero-order valence-corrected chi connectivity index (χ0v) is 10.6. The molecule has 6 heteroatoms. The molecule has 0 heterocycles. The van der Waals surface area contributed by atoms with Gasteiger partial charge in [-0.3, -0.25) is 9.69 Å². The number of carbonyl (C=O) groups is 1. The molecule has 0 aliphatic carbocycles. The summed E-state index contributed by atoms with van der Waals surface area (Å²) in [6, 6.07) is 0. The Morgan fingerprint density at radius 1 is 1.35 bits per heavy atom. The summed E-state index contributed by atoms with van der Waals surface area (Å²) in [5, 5.41) is 2.69. The summed E-state index contributed by atoms with van der Waals surface area (Å²) in [5.41, 5.74) is 0. The van der Waals surface area contributed by atoms with E-state index in [9.17, 15) is 18.0 Å². The van der Waals surface area contributed by atoms with Crippen molar-refractivity contribution in [1.82, 2.24) is 10.2 Å². The molecule has 0 spiro atoms. The standard InChI is InChI=1S/C11H21F3N2O/c1-9(2)7-10(17)15-5-4-6-16(3)8-11(12,13)14/h9H,4-8H2,1-3H3,(H,15,17). The van der Waals surface area contributed by atoms with Gasteiger partial charge in [0.1, 0.15) is 0 Å². The lowest BCUT2D eigenvalue weighted by Crippen LogP contribution is -2.34. The SMILES string of the molecule is CC(C)CC(=O)NCCCN(C)CC(F)(F)F. The number of amides is 1. The van der Waals surface area contributed by atoms with Crippen molar-refractivity contribution in [3.05, 3.63) is 0 Å². The van der Waals surface area contributed by atoms with Crippen LogP contribution in [0.25, 0.3) is 0 Å². The maximum Gasteiger partial charge on any atom is 0.401 e. The van der Waals surface area contributed by atoms with Crippen LogP contribution in [0.3, 0.4) is 0 Å². The van der Waals surface area contributed by atoms with Crippen LogP contribution in [0.4, 0.5) is 13.2 Å². The number of nitrogens with one attached hydrogen (secondary N) is 1. The fraction of sp³-hybridized carbons (Fsp3) is 0.909. The Hall–Kier alpha value is -0.780. The van der Waals surface area contributed by atoms with E-state index >= 15 is 0 Å². The second-order valence-corrected chi connectivity index (χ2v) is 4.65. The second-order valence-electron chi connectivity index (χ2n) is 4.65. The maximum absolute atomic E-state index is 12.0. The third-order valence-corrected chi connectivity index (χ3v) is 2.08. The van der Waals surface area contributed by atoms with Crippen molar-refractivity contribution in [2.75, 3.05) is 26.7 Å². The van der Waals surface area contributed by atoms with E-state index in [1.807, 2.05) is 13.8 Å². The molecule has 0 saturated carbocycles. The van der Waals surface area contributed by atoms with Crippen LogP contribution in [0.5, 0.6) is 0 Å². The van der Waals surface area contributed by atoms with Crippen LogP contribution < -0.4 is 5.32 Å². The Morgan fingerprint density at radius 3 is 2.41 bits per heavy atom. The van der Waals surface area contributed by atoms with Gasteiger partial charge in [-0.15, -0.1) is 0 Å². The van der Waals surface area contributed by atoms with E-state index in [0.29, 0.717) is 31.8 Å². The van der Waals surface area contributed by atoms with Gasteiger partial charge in [0.25, 0.3) is 0 Å². The third kappa shape index (κ3) is 11.5. The number of rotatable bonds is 7. The van der Waals surface area contributed by atoms with E-state index in [1.54, 1.807) is 0 Å². The third-order valence-electron chi connectivity index (χ3n) is 2.08. The number of halogens is 3. The molecule has 0 rings (SSSR count). The van der Waals surface area contributed by atoms with Gasteiger partial charge in [-0.05, 0) is 25.9 Å². The van der Waals surface area contributed by atoms with Crippen LogP contribution in [-0.4, -0.2) is 43.7 Å². The van der Waals surface area contributed by atoms with Crippen molar-refractivity contribution in [2.24, 2.45) is 5.92 Å². The van der Waals surface area contributed by atoms with E-state index in [-0.39, 0.29) is 5.91 Å². The van der Waals surface area contributed by atoms with Gasteiger partial charge in [0.2, 0.25) is 5.91 Å². The summed E-state index contributed by atoms with van der Waals surface area (Å²) in [7, 11) is 1.42. The highest BCUT2D eigenvalue weighted by Crippen LogP contribution is 2.15. The summed E-state index contributed by atoms with van der Waals surface area (Å²) in [6.07, 6.45) is -3.18. The van der Waals surface area contributed by atoms with Gasteiger partial charge in [0.05, 0.1) is 6.54 Å². The quantitative estimate of drug-likeness (QED) is 0.705. The van der Waals surface area contributed by atoms with E-state index in [0.717, 1.165) is 0 Å². The average Bonchev–Trinajstić information content (AvgIpc) is 2.08. The molecule has 0 fully saturated rings. The fourth-order valence-electron chi connectivity index (χ4n) is 1.40. The van der Waals surface area contributed by atoms with Gasteiger partial charge in [0, 0.05) is 13.0 Å². The summed E-state index contributed by atoms with van der Waals surface area (Å²) in [6.45, 7) is 3.72. The van der Waals surface area contributed by atoms with Gasteiger partial charge in [-0.25, -0.2) is 0 Å². The normalized spacial score (nSPS) is 12.2.